The van der Waals surface area contributed by atoms with E-state index in [1.165, 1.54) is 40.9 Å². The lowest BCUT2D eigenvalue weighted by atomic mass is 10.1. The number of hydrogen-bond acceptors (Lipinski definition) is 5. The summed E-state index contributed by atoms with van der Waals surface area (Å²) in [5.41, 5.74) is -1.34. The van der Waals surface area contributed by atoms with Gasteiger partial charge in [-0.2, -0.15) is 13.2 Å². The summed E-state index contributed by atoms with van der Waals surface area (Å²) in [6.07, 6.45) is -4.50. The van der Waals surface area contributed by atoms with Gasteiger partial charge in [0.1, 0.15) is 5.01 Å². The summed E-state index contributed by atoms with van der Waals surface area (Å²) in [4.78, 5) is 29.8. The summed E-state index contributed by atoms with van der Waals surface area (Å²) < 4.78 is 43.2. The molecule has 10 heteroatoms. The van der Waals surface area contributed by atoms with Gasteiger partial charge < -0.3 is 15.0 Å². The van der Waals surface area contributed by atoms with Gasteiger partial charge in [-0.05, 0) is 39.0 Å². The van der Waals surface area contributed by atoms with E-state index in [0.29, 0.717) is 5.01 Å². The number of benzene rings is 1. The van der Waals surface area contributed by atoms with Gasteiger partial charge in [0.15, 0.2) is 5.69 Å². The molecular formula is C18H20F3N3O3S. The van der Waals surface area contributed by atoms with E-state index in [9.17, 15) is 22.8 Å². The average Bonchev–Trinajstić information content (AvgIpc) is 3.06. The summed E-state index contributed by atoms with van der Waals surface area (Å²) >= 11 is 1.18. The fourth-order valence-electron chi connectivity index (χ4n) is 2.29. The lowest BCUT2D eigenvalue weighted by Crippen LogP contribution is -2.47. The molecule has 1 aromatic carbocycles. The van der Waals surface area contributed by atoms with Crippen molar-refractivity contribution in [3.8, 4) is 0 Å². The van der Waals surface area contributed by atoms with Crippen LogP contribution in [-0.2, 0) is 17.5 Å². The number of rotatable bonds is 4. The van der Waals surface area contributed by atoms with E-state index < -0.39 is 29.3 Å². The molecule has 1 heterocycles. The van der Waals surface area contributed by atoms with Gasteiger partial charge in [-0.1, -0.05) is 6.07 Å². The molecular weight excluding hydrogens is 395 g/mol. The third-order valence-corrected chi connectivity index (χ3v) is 4.57. The van der Waals surface area contributed by atoms with Crippen LogP contribution in [0.1, 0.15) is 41.8 Å². The maximum atomic E-state index is 12.9. The molecule has 0 atom stereocenters. The van der Waals surface area contributed by atoms with Crippen LogP contribution in [0.15, 0.2) is 29.6 Å². The third kappa shape index (κ3) is 5.44. The Morgan fingerprint density at radius 2 is 1.93 bits per heavy atom. The van der Waals surface area contributed by atoms with Gasteiger partial charge in [0.25, 0.3) is 0 Å². The predicted molar refractivity (Wildman–Crippen MR) is 99.2 cm³/mol. The Morgan fingerprint density at radius 3 is 2.50 bits per heavy atom. The Kier molecular flexibility index (Phi) is 6.33. The van der Waals surface area contributed by atoms with Crippen LogP contribution >= 0.6 is 11.3 Å². The number of halogens is 3. The number of carbonyl (C=O) groups excluding carboxylic acids is 2. The number of urea groups is 1. The van der Waals surface area contributed by atoms with E-state index in [1.807, 2.05) is 0 Å². The highest BCUT2D eigenvalue weighted by molar-refractivity contribution is 7.09. The maximum absolute atomic E-state index is 12.9. The van der Waals surface area contributed by atoms with Crippen molar-refractivity contribution in [2.45, 2.75) is 39.0 Å². The van der Waals surface area contributed by atoms with Gasteiger partial charge in [0, 0.05) is 16.6 Å². The molecule has 6 nitrogen and oxygen atoms in total. The van der Waals surface area contributed by atoms with Gasteiger partial charge in [0.2, 0.25) is 0 Å². The van der Waals surface area contributed by atoms with Crippen molar-refractivity contribution in [2.75, 3.05) is 12.4 Å². The first kappa shape index (κ1) is 21.7. The fraction of sp³-hybridized carbons (Fsp3) is 0.389. The monoisotopic (exact) mass is 415 g/mol. The number of esters is 1. The highest BCUT2D eigenvalue weighted by atomic mass is 32.1. The zero-order valence-corrected chi connectivity index (χ0v) is 16.6. The smallest absolute Gasteiger partial charge is 0.416 e. The van der Waals surface area contributed by atoms with Crippen molar-refractivity contribution in [1.82, 2.24) is 9.88 Å². The zero-order valence-electron chi connectivity index (χ0n) is 15.8. The number of nitrogens with one attached hydrogen (secondary N) is 1. The Balaban J connectivity index is 2.21. The minimum absolute atomic E-state index is 0.0310. The van der Waals surface area contributed by atoms with Crippen molar-refractivity contribution in [2.24, 2.45) is 0 Å². The molecule has 0 saturated heterocycles. The van der Waals surface area contributed by atoms with Gasteiger partial charge in [-0.3, -0.25) is 0 Å². The molecule has 28 heavy (non-hydrogen) atoms. The summed E-state index contributed by atoms with van der Waals surface area (Å²) in [7, 11) is 1.24. The first-order chi connectivity index (χ1) is 12.9. The highest BCUT2D eigenvalue weighted by Crippen LogP contribution is 2.31. The summed E-state index contributed by atoms with van der Waals surface area (Å²) in [6, 6.07) is 3.83. The largest absolute Gasteiger partial charge is 0.464 e. The van der Waals surface area contributed by atoms with Crippen LogP contribution in [0, 0.1) is 0 Å². The minimum Gasteiger partial charge on any atom is -0.464 e. The Bertz CT molecular complexity index is 859. The molecule has 1 N–H and O–H groups in total. The van der Waals surface area contributed by atoms with Crippen molar-refractivity contribution < 1.29 is 27.5 Å². The van der Waals surface area contributed by atoms with Crippen LogP contribution in [0.5, 0.6) is 0 Å². The summed E-state index contributed by atoms with van der Waals surface area (Å²) in [5.74, 6) is -0.585. The van der Waals surface area contributed by atoms with E-state index in [0.717, 1.165) is 12.1 Å². The van der Waals surface area contributed by atoms with Crippen molar-refractivity contribution in [1.29, 1.82) is 0 Å². The molecule has 0 aliphatic carbocycles. The first-order valence-corrected chi connectivity index (χ1v) is 9.08. The number of methoxy groups -OCH3 is 1. The van der Waals surface area contributed by atoms with E-state index >= 15 is 0 Å². The standard InChI is InChI=1S/C18H20F3N3O3S/c1-17(2,3)24(9-14-23-13(10-28-14)15(25)27-4)16(26)22-12-7-5-6-11(8-12)18(19,20)21/h5-8,10H,9H2,1-4H3,(H,22,26). The number of amides is 2. The SMILES string of the molecule is COC(=O)c1csc(CN(C(=O)Nc2cccc(C(F)(F)F)c2)C(C)(C)C)n1. The summed E-state index contributed by atoms with van der Waals surface area (Å²) in [6.45, 7) is 5.44. The van der Waals surface area contributed by atoms with Crippen molar-refractivity contribution in [3.05, 3.63) is 45.9 Å². The molecule has 0 fully saturated rings. The number of hydrogen-bond donors (Lipinski definition) is 1. The van der Waals surface area contributed by atoms with Crippen LogP contribution in [0.25, 0.3) is 0 Å². The number of nitrogens with zero attached hydrogens (tertiary/aromatic N) is 2. The predicted octanol–water partition coefficient (Wildman–Crippen LogP) is 4.78. The molecule has 0 saturated carbocycles. The first-order valence-electron chi connectivity index (χ1n) is 8.20. The Labute approximate surface area is 164 Å². The highest BCUT2D eigenvalue weighted by Gasteiger charge is 2.31. The van der Waals surface area contributed by atoms with Crippen LogP contribution < -0.4 is 5.32 Å². The molecule has 2 amide bonds. The second-order valence-electron chi connectivity index (χ2n) is 6.88. The molecule has 2 aromatic rings. The molecule has 0 aliphatic rings. The van der Waals surface area contributed by atoms with Gasteiger partial charge in [-0.25, -0.2) is 14.6 Å². The van der Waals surface area contributed by atoms with Crippen LogP contribution in [0.2, 0.25) is 0 Å². The second kappa shape index (κ2) is 8.17. The van der Waals surface area contributed by atoms with Crippen molar-refractivity contribution in [3.63, 3.8) is 0 Å². The van der Waals surface area contributed by atoms with Crippen LogP contribution in [0.4, 0.5) is 23.7 Å². The normalized spacial score (nSPS) is 11.8. The molecule has 0 aliphatic heterocycles. The lowest BCUT2D eigenvalue weighted by Gasteiger charge is -2.35. The summed E-state index contributed by atoms with van der Waals surface area (Å²) in [5, 5.41) is 4.51. The van der Waals surface area contributed by atoms with E-state index in [-0.39, 0.29) is 17.9 Å². The van der Waals surface area contributed by atoms with Gasteiger partial charge >= 0.3 is 18.2 Å². The fourth-order valence-corrected chi connectivity index (χ4v) is 3.05. The van der Waals surface area contributed by atoms with E-state index in [4.69, 9.17) is 0 Å². The van der Waals surface area contributed by atoms with Crippen LogP contribution in [-0.4, -0.2) is 34.5 Å². The molecule has 152 valence electrons. The Hall–Kier alpha value is -2.62. The van der Waals surface area contributed by atoms with E-state index in [1.54, 1.807) is 20.8 Å². The molecule has 0 unspecified atom stereocenters. The molecule has 0 radical (unpaired) electrons. The lowest BCUT2D eigenvalue weighted by molar-refractivity contribution is -0.137. The molecule has 1 aromatic heterocycles. The molecule has 0 spiro atoms. The minimum atomic E-state index is -4.50. The quantitative estimate of drug-likeness (QED) is 0.730. The zero-order chi connectivity index (χ0) is 21.1. The number of anilines is 1. The number of thiazole rings is 1. The van der Waals surface area contributed by atoms with Gasteiger partial charge in [-0.15, -0.1) is 11.3 Å². The average molecular weight is 415 g/mol. The number of alkyl halides is 3. The second-order valence-corrected chi connectivity index (χ2v) is 7.83. The number of aromatic nitrogens is 1. The van der Waals surface area contributed by atoms with Crippen LogP contribution in [0.3, 0.4) is 0 Å². The number of carbonyl (C=O) groups is 2. The van der Waals surface area contributed by atoms with Gasteiger partial charge in [0.05, 0.1) is 19.2 Å². The Morgan fingerprint density at radius 1 is 1.25 bits per heavy atom. The maximum Gasteiger partial charge on any atom is 0.416 e. The molecule has 0 bridgehead atoms. The number of ether oxygens (including phenoxy) is 1. The topological polar surface area (TPSA) is 71.5 Å². The van der Waals surface area contributed by atoms with Crippen molar-refractivity contribution >= 4 is 29.0 Å². The molecule has 2 rings (SSSR count). The third-order valence-electron chi connectivity index (χ3n) is 3.74. The van der Waals surface area contributed by atoms with E-state index in [2.05, 4.69) is 15.0 Å².